The van der Waals surface area contributed by atoms with Crippen LogP contribution in [-0.4, -0.2) is 27.3 Å². The number of carbonyl (C=O) groups is 1. The van der Waals surface area contributed by atoms with Crippen LogP contribution in [0.2, 0.25) is 5.02 Å². The van der Waals surface area contributed by atoms with Crippen LogP contribution in [0.4, 0.5) is 5.69 Å². The lowest BCUT2D eigenvalue weighted by Gasteiger charge is -2.28. The molecule has 0 fully saturated rings. The zero-order valence-corrected chi connectivity index (χ0v) is 18.7. The molecule has 0 saturated carbocycles. The Labute approximate surface area is 193 Å². The van der Waals surface area contributed by atoms with E-state index in [4.69, 9.17) is 20.8 Å². The molecule has 0 spiro atoms. The van der Waals surface area contributed by atoms with Crippen LogP contribution in [0, 0.1) is 0 Å². The van der Waals surface area contributed by atoms with E-state index in [1.165, 1.54) is 23.6 Å². The number of thioether (sulfide) groups is 1. The summed E-state index contributed by atoms with van der Waals surface area (Å²) in [5.41, 5.74) is 2.54. The van der Waals surface area contributed by atoms with E-state index < -0.39 is 6.23 Å². The van der Waals surface area contributed by atoms with Gasteiger partial charge in [-0.25, -0.2) is 0 Å². The number of para-hydroxylation sites is 1. The summed E-state index contributed by atoms with van der Waals surface area (Å²) in [5.74, 6) is 1.06. The second-order valence-corrected chi connectivity index (χ2v) is 8.19. The third kappa shape index (κ3) is 3.51. The van der Waals surface area contributed by atoms with Gasteiger partial charge >= 0.3 is 0 Å². The van der Waals surface area contributed by atoms with E-state index in [1.807, 2.05) is 54.8 Å². The van der Waals surface area contributed by atoms with Crippen LogP contribution in [0.1, 0.15) is 18.9 Å². The summed E-state index contributed by atoms with van der Waals surface area (Å²) >= 11 is 7.70. The van der Waals surface area contributed by atoms with E-state index in [0.29, 0.717) is 38.6 Å². The summed E-state index contributed by atoms with van der Waals surface area (Å²) in [7, 11) is 0. The second kappa shape index (κ2) is 8.29. The lowest BCUT2D eigenvalue weighted by Crippen LogP contribution is -2.35. The fraction of sp³-hybridized carbons (Fsp3) is 0.130. The predicted octanol–water partition coefficient (Wildman–Crippen LogP) is 5.62. The summed E-state index contributed by atoms with van der Waals surface area (Å²) in [6.45, 7) is 1.48. The van der Waals surface area contributed by atoms with Crippen LogP contribution in [0.5, 0.6) is 5.88 Å². The van der Waals surface area contributed by atoms with Gasteiger partial charge in [0.25, 0.3) is 0 Å². The Balaban J connectivity index is 1.68. The number of aromatic nitrogens is 3. The molecule has 9 heteroatoms. The average molecular weight is 465 g/mol. The summed E-state index contributed by atoms with van der Waals surface area (Å²) in [6, 6.07) is 18.4. The highest BCUT2D eigenvalue weighted by molar-refractivity contribution is 7.98. The van der Waals surface area contributed by atoms with Crippen molar-refractivity contribution in [2.24, 2.45) is 0 Å². The van der Waals surface area contributed by atoms with E-state index in [2.05, 4.69) is 15.2 Å². The summed E-state index contributed by atoms with van der Waals surface area (Å²) in [4.78, 5) is 18.9. The zero-order chi connectivity index (χ0) is 22.2. The van der Waals surface area contributed by atoms with Crippen LogP contribution in [0.25, 0.3) is 22.6 Å². The van der Waals surface area contributed by atoms with Gasteiger partial charge < -0.3 is 9.15 Å². The lowest BCUT2D eigenvalue weighted by molar-refractivity contribution is -0.118. The van der Waals surface area contributed by atoms with Crippen LogP contribution < -0.4 is 9.64 Å². The van der Waals surface area contributed by atoms with Gasteiger partial charge in [0.2, 0.25) is 23.2 Å². The van der Waals surface area contributed by atoms with Crippen molar-refractivity contribution in [2.45, 2.75) is 18.3 Å². The van der Waals surface area contributed by atoms with Crippen molar-refractivity contribution in [3.8, 4) is 28.5 Å². The molecule has 5 rings (SSSR count). The van der Waals surface area contributed by atoms with Gasteiger partial charge in [-0.1, -0.05) is 53.7 Å². The third-order valence-corrected chi connectivity index (χ3v) is 5.91. The summed E-state index contributed by atoms with van der Waals surface area (Å²) < 4.78 is 12.4. The first-order valence-corrected chi connectivity index (χ1v) is 11.4. The molecule has 1 aliphatic heterocycles. The monoisotopic (exact) mass is 464 g/mol. The number of amides is 1. The fourth-order valence-corrected chi connectivity index (χ4v) is 4.14. The molecule has 1 aliphatic rings. The first-order chi connectivity index (χ1) is 15.6. The molecule has 0 bridgehead atoms. The molecule has 2 aromatic heterocycles. The molecule has 1 unspecified atom stereocenters. The maximum absolute atomic E-state index is 12.8. The molecule has 1 atom stereocenters. The van der Waals surface area contributed by atoms with Gasteiger partial charge in [0, 0.05) is 18.1 Å². The number of halogens is 1. The fourth-order valence-electron chi connectivity index (χ4n) is 3.62. The molecular weight excluding hydrogens is 448 g/mol. The van der Waals surface area contributed by atoms with Crippen molar-refractivity contribution < 1.29 is 13.9 Å². The molecule has 0 saturated heterocycles. The molecule has 32 heavy (non-hydrogen) atoms. The minimum atomic E-state index is -0.891. The van der Waals surface area contributed by atoms with Gasteiger partial charge in [-0.3, -0.25) is 9.69 Å². The van der Waals surface area contributed by atoms with Crippen LogP contribution in [0.15, 0.2) is 70.2 Å². The highest BCUT2D eigenvalue weighted by Gasteiger charge is 2.36. The molecule has 7 nitrogen and oxygen atoms in total. The van der Waals surface area contributed by atoms with Crippen LogP contribution >= 0.6 is 23.4 Å². The number of anilines is 1. The normalized spacial score (nSPS) is 14.8. The van der Waals surface area contributed by atoms with Crippen molar-refractivity contribution >= 4 is 35.0 Å². The Hall–Kier alpha value is -3.36. The summed E-state index contributed by atoms with van der Waals surface area (Å²) in [5, 5.41) is 9.52. The Kier molecular flexibility index (Phi) is 5.32. The lowest BCUT2D eigenvalue weighted by atomic mass is 10.1. The SMILES string of the molecule is CSc1nnc2c(n1)OC(c1ccc(-c3ccccc3Cl)o1)N(C(C)=O)c1ccccc1-2. The van der Waals surface area contributed by atoms with Crippen molar-refractivity contribution in [3.63, 3.8) is 0 Å². The third-order valence-electron chi connectivity index (χ3n) is 5.04. The Morgan fingerprint density at radius 1 is 1.03 bits per heavy atom. The topological polar surface area (TPSA) is 81.3 Å². The minimum absolute atomic E-state index is 0.219. The number of ether oxygens (including phenoxy) is 1. The number of hydrogen-bond acceptors (Lipinski definition) is 7. The van der Waals surface area contributed by atoms with Crippen molar-refractivity contribution in [1.29, 1.82) is 0 Å². The number of benzene rings is 2. The van der Waals surface area contributed by atoms with Gasteiger partial charge in [-0.2, -0.15) is 4.98 Å². The standard InChI is InChI=1S/C23H17ClN4O3S/c1-13(29)28-17-10-6-4-8-15(17)20-21(25-23(32-2)27-26-20)31-22(28)19-12-11-18(30-19)14-7-3-5-9-16(14)24/h3-12,22H,1-2H3. The van der Waals surface area contributed by atoms with E-state index in [-0.39, 0.29) is 11.8 Å². The molecular formula is C23H17ClN4O3S. The molecule has 4 aromatic rings. The molecule has 0 aliphatic carbocycles. The maximum Gasteiger partial charge on any atom is 0.247 e. The van der Waals surface area contributed by atoms with E-state index in [1.54, 1.807) is 12.1 Å². The minimum Gasteiger partial charge on any atom is -0.455 e. The van der Waals surface area contributed by atoms with E-state index in [9.17, 15) is 4.79 Å². The average Bonchev–Trinajstić information content (AvgIpc) is 3.23. The highest BCUT2D eigenvalue weighted by Crippen LogP contribution is 2.44. The molecule has 3 heterocycles. The van der Waals surface area contributed by atoms with Crippen LogP contribution in [0.3, 0.4) is 0 Å². The Morgan fingerprint density at radius 2 is 1.78 bits per heavy atom. The predicted molar refractivity (Wildman–Crippen MR) is 123 cm³/mol. The van der Waals surface area contributed by atoms with Crippen LogP contribution in [-0.2, 0) is 4.79 Å². The highest BCUT2D eigenvalue weighted by atomic mass is 35.5. The van der Waals surface area contributed by atoms with Gasteiger partial charge in [-0.15, -0.1) is 10.2 Å². The van der Waals surface area contributed by atoms with Gasteiger partial charge in [-0.05, 0) is 36.6 Å². The Morgan fingerprint density at radius 3 is 2.53 bits per heavy atom. The smallest absolute Gasteiger partial charge is 0.247 e. The molecule has 0 radical (unpaired) electrons. The Bertz CT molecular complexity index is 1330. The van der Waals surface area contributed by atoms with E-state index >= 15 is 0 Å². The van der Waals surface area contributed by atoms with Gasteiger partial charge in [0.05, 0.1) is 10.7 Å². The first kappa shape index (κ1) is 20.5. The van der Waals surface area contributed by atoms with Crippen molar-refractivity contribution in [3.05, 3.63) is 71.4 Å². The van der Waals surface area contributed by atoms with Crippen molar-refractivity contribution in [1.82, 2.24) is 15.2 Å². The summed E-state index contributed by atoms with van der Waals surface area (Å²) in [6.07, 6.45) is 0.966. The number of nitrogens with zero attached hydrogens (tertiary/aromatic N) is 4. The molecule has 160 valence electrons. The molecule has 1 amide bonds. The zero-order valence-electron chi connectivity index (χ0n) is 17.2. The number of furan rings is 1. The van der Waals surface area contributed by atoms with Crippen molar-refractivity contribution in [2.75, 3.05) is 11.2 Å². The number of carbonyl (C=O) groups excluding carboxylic acids is 1. The number of hydrogen-bond donors (Lipinski definition) is 0. The van der Waals surface area contributed by atoms with Gasteiger partial charge in [0.15, 0.2) is 11.5 Å². The largest absolute Gasteiger partial charge is 0.455 e. The second-order valence-electron chi connectivity index (χ2n) is 7.01. The van der Waals surface area contributed by atoms with E-state index in [0.717, 1.165) is 5.56 Å². The molecule has 0 N–H and O–H groups in total. The quantitative estimate of drug-likeness (QED) is 0.364. The first-order valence-electron chi connectivity index (χ1n) is 9.76. The maximum atomic E-state index is 12.8. The molecule has 2 aromatic carbocycles. The van der Waals surface area contributed by atoms with Gasteiger partial charge in [0.1, 0.15) is 5.76 Å². The number of rotatable bonds is 3. The number of fused-ring (bicyclic) bond motifs is 3.